The molecule has 0 saturated carbocycles. The molecule has 1 aromatic carbocycles. The summed E-state index contributed by atoms with van der Waals surface area (Å²) in [5.41, 5.74) is 11.2. The molecule has 0 radical (unpaired) electrons. The van der Waals surface area contributed by atoms with Gasteiger partial charge < -0.3 is 5.73 Å². The van der Waals surface area contributed by atoms with Crippen LogP contribution in [0, 0.1) is 13.8 Å². The first-order valence-electron chi connectivity index (χ1n) is 5.03. The van der Waals surface area contributed by atoms with Crippen LogP contribution in [-0.2, 0) is 0 Å². The van der Waals surface area contributed by atoms with Gasteiger partial charge in [-0.25, -0.2) is 0 Å². The van der Waals surface area contributed by atoms with Gasteiger partial charge >= 0.3 is 0 Å². The molecule has 0 bridgehead atoms. The van der Waals surface area contributed by atoms with Crippen molar-refractivity contribution in [2.24, 2.45) is 5.73 Å². The number of nitrogens with two attached hydrogens (primary N) is 1. The van der Waals surface area contributed by atoms with Crippen molar-refractivity contribution >= 4 is 23.7 Å². The molecule has 16 heavy (non-hydrogen) atoms. The van der Waals surface area contributed by atoms with Crippen molar-refractivity contribution < 1.29 is 0 Å². The van der Waals surface area contributed by atoms with Crippen LogP contribution in [0.4, 0.5) is 0 Å². The number of hydrogen-bond donors (Lipinski definition) is 1. The SMILES string of the molecule is Cc1ccc([C@@H](N)c2ccsc2)c(C)c1.Cl. The Hall–Kier alpha value is -0.830. The zero-order valence-corrected chi connectivity index (χ0v) is 11.1. The van der Waals surface area contributed by atoms with Crippen molar-refractivity contribution in [2.45, 2.75) is 19.9 Å². The Morgan fingerprint density at radius 3 is 2.50 bits per heavy atom. The van der Waals surface area contributed by atoms with Gasteiger partial charge in [0.25, 0.3) is 0 Å². The van der Waals surface area contributed by atoms with E-state index in [2.05, 4.69) is 48.9 Å². The van der Waals surface area contributed by atoms with E-state index in [1.165, 1.54) is 22.3 Å². The quantitative estimate of drug-likeness (QED) is 0.865. The number of benzene rings is 1. The third-order valence-corrected chi connectivity index (χ3v) is 3.36. The topological polar surface area (TPSA) is 26.0 Å². The fraction of sp³-hybridized carbons (Fsp3) is 0.231. The van der Waals surface area contributed by atoms with E-state index in [1.54, 1.807) is 11.3 Å². The van der Waals surface area contributed by atoms with E-state index in [9.17, 15) is 0 Å². The molecule has 1 aromatic heterocycles. The van der Waals surface area contributed by atoms with Gasteiger partial charge in [0.1, 0.15) is 0 Å². The van der Waals surface area contributed by atoms with E-state index >= 15 is 0 Å². The maximum Gasteiger partial charge on any atom is 0.0562 e. The van der Waals surface area contributed by atoms with Crippen LogP contribution in [0.15, 0.2) is 35.0 Å². The zero-order valence-electron chi connectivity index (χ0n) is 9.44. The predicted molar refractivity (Wildman–Crippen MR) is 73.5 cm³/mol. The maximum absolute atomic E-state index is 6.22. The van der Waals surface area contributed by atoms with Crippen molar-refractivity contribution in [2.75, 3.05) is 0 Å². The molecule has 0 aliphatic carbocycles. The first kappa shape index (κ1) is 13.2. The smallest absolute Gasteiger partial charge is 0.0562 e. The van der Waals surface area contributed by atoms with Crippen LogP contribution in [0.25, 0.3) is 0 Å². The summed E-state index contributed by atoms with van der Waals surface area (Å²) >= 11 is 1.69. The van der Waals surface area contributed by atoms with Crippen LogP contribution in [0.5, 0.6) is 0 Å². The highest BCUT2D eigenvalue weighted by atomic mass is 35.5. The molecule has 2 rings (SSSR count). The van der Waals surface area contributed by atoms with Crippen molar-refractivity contribution in [3.05, 3.63) is 57.3 Å². The third kappa shape index (κ3) is 2.64. The fourth-order valence-electron chi connectivity index (χ4n) is 1.81. The molecular formula is C13H16ClNS. The highest BCUT2D eigenvalue weighted by Crippen LogP contribution is 2.24. The van der Waals surface area contributed by atoms with E-state index in [4.69, 9.17) is 5.73 Å². The van der Waals surface area contributed by atoms with Gasteiger partial charge in [-0.2, -0.15) is 11.3 Å². The lowest BCUT2D eigenvalue weighted by molar-refractivity contribution is 0.866. The highest BCUT2D eigenvalue weighted by molar-refractivity contribution is 7.08. The van der Waals surface area contributed by atoms with Crippen molar-refractivity contribution in [3.8, 4) is 0 Å². The molecule has 86 valence electrons. The van der Waals surface area contributed by atoms with Gasteiger partial charge in [0.05, 0.1) is 6.04 Å². The Balaban J connectivity index is 0.00000128. The van der Waals surface area contributed by atoms with Gasteiger partial charge in [-0.3, -0.25) is 0 Å². The molecule has 0 spiro atoms. The minimum atomic E-state index is 0. The molecule has 0 amide bonds. The monoisotopic (exact) mass is 253 g/mol. The summed E-state index contributed by atoms with van der Waals surface area (Å²) in [5, 5.41) is 4.18. The lowest BCUT2D eigenvalue weighted by Gasteiger charge is -2.14. The normalized spacial score (nSPS) is 11.9. The molecular weight excluding hydrogens is 238 g/mol. The Bertz CT molecular complexity index is 451. The second-order valence-electron chi connectivity index (χ2n) is 3.89. The number of aryl methyl sites for hydroxylation is 2. The minimum absolute atomic E-state index is 0. The van der Waals surface area contributed by atoms with Crippen LogP contribution in [0.2, 0.25) is 0 Å². The molecule has 0 aliphatic rings. The molecule has 2 aromatic rings. The molecule has 1 heterocycles. The van der Waals surface area contributed by atoms with Gasteiger partial charge in [-0.1, -0.05) is 23.8 Å². The summed E-state index contributed by atoms with van der Waals surface area (Å²) in [6.45, 7) is 4.22. The Kier molecular flexibility index (Phi) is 4.54. The number of rotatable bonds is 2. The first-order chi connectivity index (χ1) is 7.18. The number of hydrogen-bond acceptors (Lipinski definition) is 2. The van der Waals surface area contributed by atoms with Gasteiger partial charge in [0.2, 0.25) is 0 Å². The van der Waals surface area contributed by atoms with E-state index in [0.29, 0.717) is 0 Å². The van der Waals surface area contributed by atoms with Crippen LogP contribution in [0.1, 0.15) is 28.3 Å². The van der Waals surface area contributed by atoms with Crippen LogP contribution < -0.4 is 5.73 Å². The standard InChI is InChI=1S/C13H15NS.ClH/c1-9-3-4-12(10(2)7-9)13(14)11-5-6-15-8-11;/h3-8,13H,14H2,1-2H3;1H/t13-;/m0./s1. The predicted octanol–water partition coefficient (Wildman–Crippen LogP) is 3.83. The largest absolute Gasteiger partial charge is 0.320 e. The van der Waals surface area contributed by atoms with Crippen molar-refractivity contribution in [1.29, 1.82) is 0 Å². The van der Waals surface area contributed by atoms with Crippen molar-refractivity contribution in [1.82, 2.24) is 0 Å². The minimum Gasteiger partial charge on any atom is -0.320 e. The van der Waals surface area contributed by atoms with Gasteiger partial charge in [-0.05, 0) is 47.4 Å². The van der Waals surface area contributed by atoms with Gasteiger partial charge in [-0.15, -0.1) is 12.4 Å². The molecule has 2 N–H and O–H groups in total. The average Bonchev–Trinajstić information content (AvgIpc) is 2.69. The van der Waals surface area contributed by atoms with E-state index in [-0.39, 0.29) is 18.4 Å². The highest BCUT2D eigenvalue weighted by Gasteiger charge is 2.11. The Morgan fingerprint density at radius 2 is 1.94 bits per heavy atom. The maximum atomic E-state index is 6.22. The molecule has 0 aliphatic heterocycles. The number of thiophene rings is 1. The summed E-state index contributed by atoms with van der Waals surface area (Å²) in [7, 11) is 0. The Morgan fingerprint density at radius 1 is 1.19 bits per heavy atom. The molecule has 0 unspecified atom stereocenters. The zero-order chi connectivity index (χ0) is 10.8. The molecule has 1 atom stereocenters. The van der Waals surface area contributed by atoms with E-state index < -0.39 is 0 Å². The summed E-state index contributed by atoms with van der Waals surface area (Å²) in [4.78, 5) is 0. The summed E-state index contributed by atoms with van der Waals surface area (Å²) in [6, 6.07) is 8.54. The van der Waals surface area contributed by atoms with Crippen LogP contribution in [-0.4, -0.2) is 0 Å². The van der Waals surface area contributed by atoms with Crippen LogP contribution >= 0.6 is 23.7 Å². The molecule has 0 fully saturated rings. The van der Waals surface area contributed by atoms with Crippen molar-refractivity contribution in [3.63, 3.8) is 0 Å². The third-order valence-electron chi connectivity index (χ3n) is 2.66. The Labute approximate surface area is 107 Å². The second kappa shape index (κ2) is 5.48. The fourth-order valence-corrected chi connectivity index (χ4v) is 2.50. The summed E-state index contributed by atoms with van der Waals surface area (Å²) in [6.07, 6.45) is 0. The lowest BCUT2D eigenvalue weighted by atomic mass is 9.96. The molecule has 1 nitrogen and oxygen atoms in total. The van der Waals surface area contributed by atoms with Gasteiger partial charge in [0.15, 0.2) is 0 Å². The van der Waals surface area contributed by atoms with E-state index in [1.807, 2.05) is 0 Å². The van der Waals surface area contributed by atoms with E-state index in [0.717, 1.165) is 0 Å². The summed E-state index contributed by atoms with van der Waals surface area (Å²) in [5.74, 6) is 0. The number of halogens is 1. The van der Waals surface area contributed by atoms with Crippen LogP contribution in [0.3, 0.4) is 0 Å². The second-order valence-corrected chi connectivity index (χ2v) is 4.67. The molecule has 3 heteroatoms. The first-order valence-corrected chi connectivity index (χ1v) is 5.97. The summed E-state index contributed by atoms with van der Waals surface area (Å²) < 4.78 is 0. The average molecular weight is 254 g/mol. The van der Waals surface area contributed by atoms with Gasteiger partial charge in [0, 0.05) is 0 Å². The lowest BCUT2D eigenvalue weighted by Crippen LogP contribution is -2.12. The molecule has 0 saturated heterocycles.